The van der Waals surface area contributed by atoms with Crippen molar-refractivity contribution in [1.82, 2.24) is 5.32 Å². The number of nitrogens with one attached hydrogen (secondary N) is 1. The summed E-state index contributed by atoms with van der Waals surface area (Å²) < 4.78 is 5.97. The Morgan fingerprint density at radius 2 is 1.76 bits per heavy atom. The summed E-state index contributed by atoms with van der Waals surface area (Å²) in [4.78, 5) is 0. The van der Waals surface area contributed by atoms with Crippen molar-refractivity contribution in [3.63, 3.8) is 0 Å². The molecule has 0 aliphatic heterocycles. The van der Waals surface area contributed by atoms with Gasteiger partial charge in [0.05, 0.1) is 0 Å². The highest BCUT2D eigenvalue weighted by Crippen LogP contribution is 2.44. The van der Waals surface area contributed by atoms with Gasteiger partial charge in [-0.3, -0.25) is 0 Å². The molecule has 0 heterocycles. The van der Waals surface area contributed by atoms with Gasteiger partial charge in [0.25, 0.3) is 0 Å². The van der Waals surface area contributed by atoms with Crippen LogP contribution in [0, 0.1) is 18.8 Å². The molecule has 21 heavy (non-hydrogen) atoms. The van der Waals surface area contributed by atoms with Crippen LogP contribution in [0.25, 0.3) is 0 Å². The molecule has 0 saturated heterocycles. The van der Waals surface area contributed by atoms with Gasteiger partial charge in [-0.25, -0.2) is 0 Å². The topological polar surface area (TPSA) is 21.3 Å². The number of aryl methyl sites for hydroxylation is 1. The maximum atomic E-state index is 5.97. The van der Waals surface area contributed by atoms with Gasteiger partial charge in [0, 0.05) is 12.6 Å². The maximum absolute atomic E-state index is 5.97. The molecule has 0 radical (unpaired) electrons. The van der Waals surface area contributed by atoms with Crippen molar-refractivity contribution < 1.29 is 4.74 Å². The Morgan fingerprint density at radius 3 is 2.33 bits per heavy atom. The van der Waals surface area contributed by atoms with E-state index >= 15 is 0 Å². The molecular formula is C19H29NO. The standard InChI is InChI=1S/C19H29NO/c1-13(2)17-10-14(3)11-18(12-17)21-9-8-20-19(15-4-5-15)16-6-7-16/h10-13,15-16,19-20H,4-9H2,1-3H3. The Bertz CT molecular complexity index is 462. The van der Waals surface area contributed by atoms with Crippen LogP contribution in [-0.4, -0.2) is 19.2 Å². The molecule has 1 N–H and O–H groups in total. The average molecular weight is 287 g/mol. The summed E-state index contributed by atoms with van der Waals surface area (Å²) in [7, 11) is 0. The van der Waals surface area contributed by atoms with Gasteiger partial charge in [-0.1, -0.05) is 19.9 Å². The van der Waals surface area contributed by atoms with Crippen molar-refractivity contribution in [1.29, 1.82) is 0 Å². The first-order chi connectivity index (χ1) is 10.1. The summed E-state index contributed by atoms with van der Waals surface area (Å²) >= 11 is 0. The predicted molar refractivity (Wildman–Crippen MR) is 88.0 cm³/mol. The van der Waals surface area contributed by atoms with E-state index in [4.69, 9.17) is 4.74 Å². The fourth-order valence-corrected chi connectivity index (χ4v) is 3.22. The highest BCUT2D eigenvalue weighted by atomic mass is 16.5. The summed E-state index contributed by atoms with van der Waals surface area (Å²) in [6, 6.07) is 7.37. The Hall–Kier alpha value is -1.02. The van der Waals surface area contributed by atoms with Crippen molar-refractivity contribution in [3.05, 3.63) is 29.3 Å². The van der Waals surface area contributed by atoms with Crippen molar-refractivity contribution >= 4 is 0 Å². The largest absolute Gasteiger partial charge is 0.492 e. The second-order valence-corrected chi connectivity index (χ2v) is 7.24. The van der Waals surface area contributed by atoms with Gasteiger partial charge in [-0.2, -0.15) is 0 Å². The van der Waals surface area contributed by atoms with Crippen LogP contribution in [0.5, 0.6) is 5.75 Å². The van der Waals surface area contributed by atoms with E-state index in [0.29, 0.717) is 5.92 Å². The Labute approximate surface area is 129 Å². The van der Waals surface area contributed by atoms with E-state index < -0.39 is 0 Å². The lowest BCUT2D eigenvalue weighted by atomic mass is 10.0. The summed E-state index contributed by atoms with van der Waals surface area (Å²) in [5, 5.41) is 3.74. The van der Waals surface area contributed by atoms with Crippen molar-refractivity contribution in [2.24, 2.45) is 11.8 Å². The minimum Gasteiger partial charge on any atom is -0.492 e. The summed E-state index contributed by atoms with van der Waals surface area (Å²) in [5.41, 5.74) is 2.66. The summed E-state index contributed by atoms with van der Waals surface area (Å²) in [6.07, 6.45) is 5.74. The third kappa shape index (κ3) is 4.23. The minimum absolute atomic E-state index is 0.555. The van der Waals surface area contributed by atoms with E-state index in [9.17, 15) is 0 Å². The van der Waals surface area contributed by atoms with Crippen molar-refractivity contribution in [2.45, 2.75) is 58.4 Å². The lowest BCUT2D eigenvalue weighted by Crippen LogP contribution is -2.36. The monoisotopic (exact) mass is 287 g/mol. The lowest BCUT2D eigenvalue weighted by Gasteiger charge is -2.18. The second kappa shape index (κ2) is 6.39. The Morgan fingerprint density at radius 1 is 1.10 bits per heavy atom. The molecule has 2 saturated carbocycles. The minimum atomic E-state index is 0.555. The fraction of sp³-hybridized carbons (Fsp3) is 0.684. The average Bonchev–Trinajstić information content (AvgIpc) is 3.31. The van der Waals surface area contributed by atoms with Gasteiger partial charge in [-0.15, -0.1) is 0 Å². The van der Waals surface area contributed by atoms with Crippen molar-refractivity contribution in [3.8, 4) is 5.75 Å². The molecule has 2 heteroatoms. The van der Waals surface area contributed by atoms with Gasteiger partial charge in [0.1, 0.15) is 12.4 Å². The maximum Gasteiger partial charge on any atom is 0.119 e. The van der Waals surface area contributed by atoms with Crippen LogP contribution in [-0.2, 0) is 0 Å². The molecular weight excluding hydrogens is 258 g/mol. The highest BCUT2D eigenvalue weighted by Gasteiger charge is 2.40. The third-order valence-corrected chi connectivity index (χ3v) is 4.75. The third-order valence-electron chi connectivity index (χ3n) is 4.75. The molecule has 0 amide bonds. The molecule has 2 aliphatic carbocycles. The molecule has 116 valence electrons. The first-order valence-electron chi connectivity index (χ1n) is 8.61. The molecule has 0 atom stereocenters. The molecule has 0 spiro atoms. The van der Waals surface area contributed by atoms with Crippen LogP contribution >= 0.6 is 0 Å². The van der Waals surface area contributed by atoms with Crippen LogP contribution in [0.4, 0.5) is 0 Å². The quantitative estimate of drug-likeness (QED) is 0.721. The van der Waals surface area contributed by atoms with Gasteiger partial charge in [0.15, 0.2) is 0 Å². The van der Waals surface area contributed by atoms with Crippen LogP contribution in [0.3, 0.4) is 0 Å². The first-order valence-corrected chi connectivity index (χ1v) is 8.61. The van der Waals surface area contributed by atoms with Gasteiger partial charge in [-0.05, 0) is 73.6 Å². The zero-order chi connectivity index (χ0) is 14.8. The zero-order valence-electron chi connectivity index (χ0n) is 13.7. The molecule has 2 fully saturated rings. The Kier molecular flexibility index (Phi) is 4.54. The van der Waals surface area contributed by atoms with E-state index in [0.717, 1.165) is 36.8 Å². The van der Waals surface area contributed by atoms with E-state index in [1.165, 1.54) is 36.8 Å². The van der Waals surface area contributed by atoms with E-state index in [1.54, 1.807) is 0 Å². The smallest absolute Gasteiger partial charge is 0.119 e. The van der Waals surface area contributed by atoms with Gasteiger partial charge >= 0.3 is 0 Å². The van der Waals surface area contributed by atoms with Crippen molar-refractivity contribution in [2.75, 3.05) is 13.2 Å². The number of benzene rings is 1. The predicted octanol–water partition coefficient (Wildman–Crippen LogP) is 4.28. The van der Waals surface area contributed by atoms with E-state index in [1.807, 2.05) is 0 Å². The number of hydrogen-bond acceptors (Lipinski definition) is 2. The fourth-order valence-electron chi connectivity index (χ4n) is 3.22. The van der Waals surface area contributed by atoms with E-state index in [-0.39, 0.29) is 0 Å². The number of ether oxygens (including phenoxy) is 1. The summed E-state index contributed by atoms with van der Waals surface area (Å²) in [5.74, 6) is 3.50. The first kappa shape index (κ1) is 14.9. The molecule has 1 aromatic rings. The second-order valence-electron chi connectivity index (χ2n) is 7.24. The molecule has 2 nitrogen and oxygen atoms in total. The molecule has 2 aliphatic rings. The number of rotatable bonds is 8. The lowest BCUT2D eigenvalue weighted by molar-refractivity contribution is 0.293. The summed E-state index contributed by atoms with van der Waals surface area (Å²) in [6.45, 7) is 8.36. The molecule has 0 bridgehead atoms. The van der Waals surface area contributed by atoms with Crippen LogP contribution < -0.4 is 10.1 Å². The van der Waals surface area contributed by atoms with Gasteiger partial charge < -0.3 is 10.1 Å². The Balaban J connectivity index is 1.46. The number of hydrogen-bond donors (Lipinski definition) is 1. The SMILES string of the molecule is Cc1cc(OCCNC(C2CC2)C2CC2)cc(C(C)C)c1. The van der Waals surface area contributed by atoms with Gasteiger partial charge in [0.2, 0.25) is 0 Å². The normalized spacial score (nSPS) is 18.5. The van der Waals surface area contributed by atoms with Crippen LogP contribution in [0.1, 0.15) is 56.6 Å². The molecule has 1 aromatic carbocycles. The zero-order valence-corrected chi connectivity index (χ0v) is 13.7. The van der Waals surface area contributed by atoms with E-state index in [2.05, 4.69) is 44.3 Å². The van der Waals surface area contributed by atoms with Crippen LogP contribution in [0.2, 0.25) is 0 Å². The van der Waals surface area contributed by atoms with Crippen LogP contribution in [0.15, 0.2) is 18.2 Å². The molecule has 0 aromatic heterocycles. The molecule has 0 unspecified atom stereocenters. The molecule has 3 rings (SSSR count). The highest BCUT2D eigenvalue weighted by molar-refractivity contribution is 5.35.